The Kier molecular flexibility index (Phi) is 4.02. The first-order valence-electron chi connectivity index (χ1n) is 7.81. The van der Waals surface area contributed by atoms with E-state index in [4.69, 9.17) is 9.15 Å². The number of hydrogen-bond donors (Lipinski definition) is 1. The average molecular weight is 342 g/mol. The highest BCUT2D eigenvalue weighted by atomic mass is 19.1. The largest absolute Gasteiger partial charge is 0.467 e. The number of furan rings is 1. The standard InChI is InChI=1S/C17H15FN4O3/c18-12-5-3-11(4-6-12)15-9-22-14(10-25-15)16(20-21-22)17(23)19-8-13-2-1-7-24-13/h1-7,15H,8-10H2,(H,19,23)/t15-/m0/s1. The number of rotatable bonds is 4. The van der Waals surface area contributed by atoms with Crippen molar-refractivity contribution in [3.63, 3.8) is 0 Å². The second kappa shape index (κ2) is 6.48. The second-order valence-electron chi connectivity index (χ2n) is 5.68. The highest BCUT2D eigenvalue weighted by Gasteiger charge is 2.27. The molecule has 0 spiro atoms. The minimum absolute atomic E-state index is 0.207. The van der Waals surface area contributed by atoms with E-state index < -0.39 is 0 Å². The molecular weight excluding hydrogens is 327 g/mol. The van der Waals surface area contributed by atoms with Gasteiger partial charge >= 0.3 is 0 Å². The SMILES string of the molecule is O=C(NCc1ccco1)c1nnn2c1CO[C@H](c1ccc(F)cc1)C2. The van der Waals surface area contributed by atoms with Gasteiger partial charge in [0.15, 0.2) is 5.69 Å². The Balaban J connectivity index is 1.46. The summed E-state index contributed by atoms with van der Waals surface area (Å²) in [5.74, 6) is 0.0278. The molecule has 0 saturated carbocycles. The molecule has 1 amide bonds. The molecule has 1 aliphatic heterocycles. The van der Waals surface area contributed by atoms with Crippen LogP contribution in [0.25, 0.3) is 0 Å². The van der Waals surface area contributed by atoms with Crippen LogP contribution in [0.4, 0.5) is 4.39 Å². The fraction of sp³-hybridized carbons (Fsp3) is 0.235. The molecule has 1 aliphatic rings. The maximum atomic E-state index is 13.0. The minimum atomic E-state index is -0.332. The third kappa shape index (κ3) is 3.16. The van der Waals surface area contributed by atoms with Gasteiger partial charge in [-0.05, 0) is 29.8 Å². The number of amides is 1. The van der Waals surface area contributed by atoms with Gasteiger partial charge in [0.05, 0.1) is 31.7 Å². The molecule has 0 unspecified atom stereocenters. The van der Waals surface area contributed by atoms with E-state index in [0.29, 0.717) is 18.0 Å². The predicted molar refractivity (Wildman–Crippen MR) is 83.8 cm³/mol. The lowest BCUT2D eigenvalue weighted by Gasteiger charge is -2.24. The fourth-order valence-electron chi connectivity index (χ4n) is 2.73. The van der Waals surface area contributed by atoms with E-state index in [-0.39, 0.29) is 36.7 Å². The molecule has 3 heterocycles. The van der Waals surface area contributed by atoms with Crippen molar-refractivity contribution in [2.75, 3.05) is 0 Å². The smallest absolute Gasteiger partial charge is 0.274 e. The van der Waals surface area contributed by atoms with E-state index in [2.05, 4.69) is 15.6 Å². The fourth-order valence-corrected chi connectivity index (χ4v) is 2.73. The number of fused-ring (bicyclic) bond motifs is 1. The van der Waals surface area contributed by atoms with E-state index in [0.717, 1.165) is 5.56 Å². The Hall–Kier alpha value is -3.00. The zero-order valence-corrected chi connectivity index (χ0v) is 13.2. The normalized spacial score (nSPS) is 16.4. The van der Waals surface area contributed by atoms with Crippen LogP contribution >= 0.6 is 0 Å². The van der Waals surface area contributed by atoms with Gasteiger partial charge in [0.2, 0.25) is 0 Å². The monoisotopic (exact) mass is 342 g/mol. The maximum Gasteiger partial charge on any atom is 0.274 e. The lowest BCUT2D eigenvalue weighted by atomic mass is 10.1. The van der Waals surface area contributed by atoms with Crippen LogP contribution in [-0.4, -0.2) is 20.9 Å². The molecule has 1 atom stereocenters. The van der Waals surface area contributed by atoms with E-state index >= 15 is 0 Å². The Bertz CT molecular complexity index is 874. The summed E-state index contributed by atoms with van der Waals surface area (Å²) < 4.78 is 25.7. The first-order chi connectivity index (χ1) is 12.2. The molecule has 4 rings (SSSR count). The summed E-state index contributed by atoms with van der Waals surface area (Å²) in [6.45, 7) is 0.898. The minimum Gasteiger partial charge on any atom is -0.467 e. The number of nitrogens with zero attached hydrogens (tertiary/aromatic N) is 3. The molecule has 0 saturated heterocycles. The average Bonchev–Trinajstić information content (AvgIpc) is 3.29. The summed E-state index contributed by atoms with van der Waals surface area (Å²) in [4.78, 5) is 12.3. The number of halogens is 1. The molecule has 0 fully saturated rings. The van der Waals surface area contributed by atoms with Gasteiger partial charge in [-0.3, -0.25) is 4.79 Å². The van der Waals surface area contributed by atoms with E-state index in [1.54, 1.807) is 35.2 Å². The number of hydrogen-bond acceptors (Lipinski definition) is 5. The Morgan fingerprint density at radius 1 is 1.32 bits per heavy atom. The summed E-state index contributed by atoms with van der Waals surface area (Å²) in [5.41, 5.74) is 1.71. The van der Waals surface area contributed by atoms with Crippen LogP contribution in [0.1, 0.15) is 33.6 Å². The van der Waals surface area contributed by atoms with Crippen LogP contribution < -0.4 is 5.32 Å². The topological polar surface area (TPSA) is 82.2 Å². The van der Waals surface area contributed by atoms with Crippen molar-refractivity contribution in [3.8, 4) is 0 Å². The van der Waals surface area contributed by atoms with Crippen LogP contribution in [0.3, 0.4) is 0 Å². The van der Waals surface area contributed by atoms with Gasteiger partial charge in [-0.25, -0.2) is 9.07 Å². The summed E-state index contributed by atoms with van der Waals surface area (Å²) in [6, 6.07) is 9.67. The van der Waals surface area contributed by atoms with Crippen LogP contribution in [0.5, 0.6) is 0 Å². The summed E-state index contributed by atoms with van der Waals surface area (Å²) in [6.07, 6.45) is 1.29. The van der Waals surface area contributed by atoms with Crippen LogP contribution in [0.15, 0.2) is 47.1 Å². The summed E-state index contributed by atoms with van der Waals surface area (Å²) in [7, 11) is 0. The van der Waals surface area contributed by atoms with Gasteiger partial charge in [0, 0.05) is 0 Å². The zero-order valence-electron chi connectivity index (χ0n) is 13.2. The molecule has 0 radical (unpaired) electrons. The second-order valence-corrected chi connectivity index (χ2v) is 5.68. The molecule has 7 nitrogen and oxygen atoms in total. The van der Waals surface area contributed by atoms with Crippen molar-refractivity contribution in [1.82, 2.24) is 20.3 Å². The number of ether oxygens (including phenoxy) is 1. The van der Waals surface area contributed by atoms with Crippen molar-refractivity contribution in [2.24, 2.45) is 0 Å². The third-order valence-corrected chi connectivity index (χ3v) is 4.06. The molecule has 1 aromatic carbocycles. The van der Waals surface area contributed by atoms with E-state index in [1.807, 2.05) is 0 Å². The summed E-state index contributed by atoms with van der Waals surface area (Å²) >= 11 is 0. The van der Waals surface area contributed by atoms with Gasteiger partial charge in [0.1, 0.15) is 17.7 Å². The van der Waals surface area contributed by atoms with E-state index in [9.17, 15) is 9.18 Å². The third-order valence-electron chi connectivity index (χ3n) is 4.06. The molecule has 8 heteroatoms. The highest BCUT2D eigenvalue weighted by molar-refractivity contribution is 5.93. The highest BCUT2D eigenvalue weighted by Crippen LogP contribution is 2.27. The van der Waals surface area contributed by atoms with Gasteiger partial charge in [-0.2, -0.15) is 0 Å². The number of benzene rings is 1. The Morgan fingerprint density at radius 2 is 2.16 bits per heavy atom. The molecule has 3 aromatic rings. The molecule has 0 bridgehead atoms. The number of carbonyl (C=O) groups is 1. The van der Waals surface area contributed by atoms with Gasteiger partial charge in [0.25, 0.3) is 5.91 Å². The summed E-state index contributed by atoms with van der Waals surface area (Å²) in [5, 5.41) is 10.8. The number of aromatic nitrogens is 3. The molecule has 0 aliphatic carbocycles. The molecule has 1 N–H and O–H groups in total. The first kappa shape index (κ1) is 15.5. The van der Waals surface area contributed by atoms with Crippen molar-refractivity contribution < 1.29 is 18.3 Å². The lowest BCUT2D eigenvalue weighted by Crippen LogP contribution is -2.27. The van der Waals surface area contributed by atoms with Crippen LogP contribution in [-0.2, 0) is 24.4 Å². The molecule has 25 heavy (non-hydrogen) atoms. The molecule has 128 valence electrons. The first-order valence-corrected chi connectivity index (χ1v) is 7.81. The quantitative estimate of drug-likeness (QED) is 0.786. The van der Waals surface area contributed by atoms with Crippen molar-refractivity contribution in [2.45, 2.75) is 25.8 Å². The van der Waals surface area contributed by atoms with Crippen LogP contribution in [0, 0.1) is 5.82 Å². The molecule has 2 aromatic heterocycles. The number of carbonyl (C=O) groups excluding carboxylic acids is 1. The number of nitrogens with one attached hydrogen (secondary N) is 1. The van der Waals surface area contributed by atoms with Crippen molar-refractivity contribution in [3.05, 3.63) is 71.2 Å². The van der Waals surface area contributed by atoms with Crippen molar-refractivity contribution in [1.29, 1.82) is 0 Å². The maximum absolute atomic E-state index is 13.0. The predicted octanol–water partition coefficient (Wildman–Crippen LogP) is 2.21. The Labute approximate surface area is 142 Å². The lowest BCUT2D eigenvalue weighted by molar-refractivity contribution is -0.00180. The van der Waals surface area contributed by atoms with Gasteiger partial charge in [-0.15, -0.1) is 5.10 Å². The van der Waals surface area contributed by atoms with Gasteiger partial charge in [-0.1, -0.05) is 17.3 Å². The molecular formula is C17H15FN4O3. The van der Waals surface area contributed by atoms with E-state index in [1.165, 1.54) is 12.1 Å². The Morgan fingerprint density at radius 3 is 2.92 bits per heavy atom. The zero-order chi connectivity index (χ0) is 17.2. The van der Waals surface area contributed by atoms with Gasteiger partial charge < -0.3 is 14.5 Å². The van der Waals surface area contributed by atoms with Crippen LogP contribution in [0.2, 0.25) is 0 Å². The van der Waals surface area contributed by atoms with Crippen molar-refractivity contribution >= 4 is 5.91 Å².